The molecule has 1 heterocycles. The van der Waals surface area contributed by atoms with E-state index in [9.17, 15) is 0 Å². The second kappa shape index (κ2) is 12.3. The van der Waals surface area contributed by atoms with Gasteiger partial charge in [0.1, 0.15) is 0 Å². The van der Waals surface area contributed by atoms with Gasteiger partial charge in [0.05, 0.1) is 10.7 Å². The molecule has 0 saturated heterocycles. The molecular formula is C18H34N4OS. The van der Waals surface area contributed by atoms with Crippen LogP contribution < -0.4 is 10.6 Å². The van der Waals surface area contributed by atoms with Crippen LogP contribution in [0.5, 0.6) is 0 Å². The average molecular weight is 355 g/mol. The minimum atomic E-state index is 0.243. The molecule has 1 rings (SSSR count). The van der Waals surface area contributed by atoms with Gasteiger partial charge in [0.2, 0.25) is 0 Å². The molecule has 3 N–H and O–H groups in total. The van der Waals surface area contributed by atoms with Gasteiger partial charge in [-0.25, -0.2) is 4.98 Å². The zero-order valence-corrected chi connectivity index (χ0v) is 16.5. The highest BCUT2D eigenvalue weighted by Crippen LogP contribution is 2.18. The van der Waals surface area contributed by atoms with Crippen LogP contribution in [-0.2, 0) is 12.8 Å². The molecule has 1 unspecified atom stereocenters. The van der Waals surface area contributed by atoms with Crippen molar-refractivity contribution in [1.29, 1.82) is 0 Å². The lowest BCUT2D eigenvalue weighted by molar-refractivity contribution is 0.253. The van der Waals surface area contributed by atoms with Crippen LogP contribution in [0.3, 0.4) is 0 Å². The second-order valence-electron chi connectivity index (χ2n) is 6.03. The van der Waals surface area contributed by atoms with Crippen LogP contribution in [0, 0.1) is 12.8 Å². The van der Waals surface area contributed by atoms with E-state index in [2.05, 4.69) is 48.3 Å². The maximum absolute atomic E-state index is 9.16. The minimum Gasteiger partial charge on any atom is -0.396 e. The Morgan fingerprint density at radius 1 is 1.25 bits per heavy atom. The van der Waals surface area contributed by atoms with Crippen molar-refractivity contribution < 1.29 is 5.11 Å². The van der Waals surface area contributed by atoms with Crippen LogP contribution in [0.2, 0.25) is 0 Å². The predicted molar refractivity (Wildman–Crippen MR) is 104 cm³/mol. The maximum atomic E-state index is 9.16. The number of nitrogens with zero attached hydrogens (tertiary/aromatic N) is 2. The second-order valence-corrected chi connectivity index (χ2v) is 7.32. The summed E-state index contributed by atoms with van der Waals surface area (Å²) in [6.45, 7) is 11.2. The fraction of sp³-hybridized carbons (Fsp3) is 0.778. The van der Waals surface area contributed by atoms with Crippen molar-refractivity contribution in [2.45, 2.75) is 59.8 Å². The maximum Gasteiger partial charge on any atom is 0.191 e. The highest BCUT2D eigenvalue weighted by Gasteiger charge is 2.08. The molecule has 1 atom stereocenters. The lowest BCUT2D eigenvalue weighted by atomic mass is 10.0. The first kappa shape index (κ1) is 20.9. The van der Waals surface area contributed by atoms with E-state index in [-0.39, 0.29) is 6.61 Å². The molecular weight excluding hydrogens is 320 g/mol. The van der Waals surface area contributed by atoms with Crippen LogP contribution in [0.1, 0.15) is 55.6 Å². The summed E-state index contributed by atoms with van der Waals surface area (Å²) >= 11 is 1.80. The molecule has 1 aromatic rings. The Hall–Kier alpha value is -1.14. The summed E-state index contributed by atoms with van der Waals surface area (Å²) in [4.78, 5) is 10.7. The lowest BCUT2D eigenvalue weighted by Crippen LogP contribution is -2.38. The van der Waals surface area contributed by atoms with Gasteiger partial charge in [0, 0.05) is 37.5 Å². The van der Waals surface area contributed by atoms with Crippen LogP contribution in [0.25, 0.3) is 0 Å². The normalized spacial score (nSPS) is 13.1. The highest BCUT2D eigenvalue weighted by atomic mass is 32.1. The molecule has 6 heteroatoms. The Labute approximate surface area is 151 Å². The van der Waals surface area contributed by atoms with Gasteiger partial charge in [0.15, 0.2) is 5.96 Å². The number of nitrogens with one attached hydrogen (secondary N) is 2. The molecule has 0 aliphatic carbocycles. The van der Waals surface area contributed by atoms with Crippen molar-refractivity contribution in [3.8, 4) is 0 Å². The lowest BCUT2D eigenvalue weighted by Gasteiger charge is -2.15. The topological polar surface area (TPSA) is 69.5 Å². The number of aliphatic imine (C=N–C) groups is 1. The third-order valence-electron chi connectivity index (χ3n) is 3.99. The average Bonchev–Trinajstić information content (AvgIpc) is 2.92. The van der Waals surface area contributed by atoms with Crippen LogP contribution >= 0.6 is 11.3 Å². The minimum absolute atomic E-state index is 0.243. The van der Waals surface area contributed by atoms with Gasteiger partial charge >= 0.3 is 0 Å². The van der Waals surface area contributed by atoms with E-state index in [1.54, 1.807) is 11.3 Å². The van der Waals surface area contributed by atoms with Crippen molar-refractivity contribution in [2.75, 3.05) is 26.2 Å². The molecule has 24 heavy (non-hydrogen) atoms. The Bertz CT molecular complexity index is 481. The first-order chi connectivity index (χ1) is 11.6. The number of guanidine groups is 1. The summed E-state index contributed by atoms with van der Waals surface area (Å²) in [5.41, 5.74) is 1.22. The fourth-order valence-corrected chi connectivity index (χ4v) is 3.71. The Balaban J connectivity index is 2.50. The highest BCUT2D eigenvalue weighted by molar-refractivity contribution is 7.11. The van der Waals surface area contributed by atoms with Gasteiger partial charge in [-0.3, -0.25) is 4.99 Å². The number of aromatic nitrogens is 1. The zero-order chi connectivity index (χ0) is 17.8. The molecule has 0 saturated carbocycles. The summed E-state index contributed by atoms with van der Waals surface area (Å²) < 4.78 is 0. The molecule has 1 aromatic heterocycles. The third-order valence-corrected chi connectivity index (χ3v) is 5.06. The van der Waals surface area contributed by atoms with E-state index in [0.29, 0.717) is 5.92 Å². The van der Waals surface area contributed by atoms with E-state index in [1.165, 1.54) is 15.6 Å². The number of hydrogen-bond acceptors (Lipinski definition) is 4. The number of aryl methyl sites for hydroxylation is 2. The van der Waals surface area contributed by atoms with Gasteiger partial charge in [-0.2, -0.15) is 0 Å². The molecule has 0 radical (unpaired) electrons. The van der Waals surface area contributed by atoms with Crippen LogP contribution in [0.15, 0.2) is 4.99 Å². The van der Waals surface area contributed by atoms with Crippen molar-refractivity contribution in [3.63, 3.8) is 0 Å². The number of aliphatic hydroxyl groups is 1. The molecule has 0 aromatic carbocycles. The quantitative estimate of drug-likeness (QED) is 0.422. The van der Waals surface area contributed by atoms with Gasteiger partial charge in [-0.05, 0) is 39.0 Å². The van der Waals surface area contributed by atoms with Gasteiger partial charge < -0.3 is 15.7 Å². The summed E-state index contributed by atoms with van der Waals surface area (Å²) in [5, 5.41) is 17.0. The third kappa shape index (κ3) is 7.62. The van der Waals surface area contributed by atoms with E-state index in [4.69, 9.17) is 5.11 Å². The van der Waals surface area contributed by atoms with Gasteiger partial charge in [-0.1, -0.05) is 20.3 Å². The van der Waals surface area contributed by atoms with Crippen LogP contribution in [-0.4, -0.2) is 42.3 Å². The number of hydrogen-bond donors (Lipinski definition) is 3. The van der Waals surface area contributed by atoms with E-state index in [1.807, 2.05) is 0 Å². The Kier molecular flexibility index (Phi) is 10.7. The molecule has 0 spiro atoms. The fourth-order valence-electron chi connectivity index (χ4n) is 2.69. The largest absolute Gasteiger partial charge is 0.396 e. The number of aliphatic hydroxyl groups excluding tert-OH is 1. The summed E-state index contributed by atoms with van der Waals surface area (Å²) in [7, 11) is 0. The molecule has 0 fully saturated rings. The number of thiazole rings is 1. The monoisotopic (exact) mass is 354 g/mol. The van der Waals surface area contributed by atoms with Crippen molar-refractivity contribution in [2.24, 2.45) is 10.9 Å². The van der Waals surface area contributed by atoms with Crippen molar-refractivity contribution in [3.05, 3.63) is 15.6 Å². The first-order valence-corrected chi connectivity index (χ1v) is 10.0. The standard InChI is InChI=1S/C18H34N4OS/c1-5-8-15(10-12-23)13-21-18(19-7-3)20-11-9-17-22-16(6-2)14(4)24-17/h15,23H,5-13H2,1-4H3,(H2,19,20,21). The first-order valence-electron chi connectivity index (χ1n) is 9.22. The van der Waals surface area contributed by atoms with Crippen LogP contribution in [0.4, 0.5) is 0 Å². The van der Waals surface area contributed by atoms with Gasteiger partial charge in [-0.15, -0.1) is 11.3 Å². The Morgan fingerprint density at radius 3 is 2.62 bits per heavy atom. The van der Waals surface area contributed by atoms with Crippen molar-refractivity contribution >= 4 is 17.3 Å². The Morgan fingerprint density at radius 2 is 2.04 bits per heavy atom. The SMILES string of the molecule is CCCC(CCO)CN=C(NCC)NCCc1nc(CC)c(C)s1. The zero-order valence-electron chi connectivity index (χ0n) is 15.7. The number of rotatable bonds is 11. The van der Waals surface area contributed by atoms with E-state index < -0.39 is 0 Å². The molecule has 0 amide bonds. The molecule has 138 valence electrons. The smallest absolute Gasteiger partial charge is 0.191 e. The molecule has 0 bridgehead atoms. The summed E-state index contributed by atoms with van der Waals surface area (Å²) in [6.07, 6.45) is 5.00. The van der Waals surface area contributed by atoms with E-state index >= 15 is 0 Å². The van der Waals surface area contributed by atoms with Crippen molar-refractivity contribution in [1.82, 2.24) is 15.6 Å². The van der Waals surface area contributed by atoms with E-state index in [0.717, 1.165) is 57.7 Å². The van der Waals surface area contributed by atoms with Gasteiger partial charge in [0.25, 0.3) is 0 Å². The predicted octanol–water partition coefficient (Wildman–Crippen LogP) is 2.91. The molecule has 0 aliphatic rings. The summed E-state index contributed by atoms with van der Waals surface area (Å²) in [6, 6.07) is 0. The summed E-state index contributed by atoms with van der Waals surface area (Å²) in [5.74, 6) is 1.32. The molecule has 5 nitrogen and oxygen atoms in total. The molecule has 0 aliphatic heterocycles.